The largest absolute Gasteiger partial charge is 0.365 e. The molecule has 1 aliphatic heterocycles. The maximum Gasteiger partial charge on any atom is 0.0438 e. The third kappa shape index (κ3) is 3.67. The Hall–Kier alpha value is -0.290. The van der Waals surface area contributed by atoms with Crippen LogP contribution in [-0.2, 0) is 0 Å². The average Bonchev–Trinajstić information content (AvgIpc) is 2.45. The van der Waals surface area contributed by atoms with Crippen molar-refractivity contribution in [2.24, 2.45) is 11.8 Å². The summed E-state index contributed by atoms with van der Waals surface area (Å²) in [5.74, 6) is 1.40. The summed E-state index contributed by atoms with van der Waals surface area (Å²) in [5, 5.41) is 3.77. The Morgan fingerprint density at radius 3 is 2.70 bits per heavy atom. The maximum atomic E-state index is 3.77. The molecule has 0 radical (unpaired) electrons. The Morgan fingerprint density at radius 2 is 2.10 bits per heavy atom. The van der Waals surface area contributed by atoms with Crippen LogP contribution in [0.3, 0.4) is 0 Å². The first-order valence-corrected chi connectivity index (χ1v) is 8.86. The van der Waals surface area contributed by atoms with Crippen molar-refractivity contribution in [2.75, 3.05) is 18.0 Å². The van der Waals surface area contributed by atoms with Gasteiger partial charge in [-0.1, -0.05) is 40.2 Å². The highest BCUT2D eigenvalue weighted by atomic mass is 127. The number of halogens is 1. The van der Waals surface area contributed by atoms with Crippen molar-refractivity contribution in [3.05, 3.63) is 27.8 Å². The van der Waals surface area contributed by atoms with E-state index in [-0.39, 0.29) is 0 Å². The van der Waals surface area contributed by atoms with Crippen LogP contribution in [0, 0.1) is 15.4 Å². The van der Waals surface area contributed by atoms with E-state index >= 15 is 0 Å². The second-order valence-electron chi connectivity index (χ2n) is 6.34. The molecule has 2 rings (SSSR count). The minimum atomic E-state index is 0.591. The number of nitrogens with one attached hydrogen (secondary N) is 1. The highest BCUT2D eigenvalue weighted by Crippen LogP contribution is 2.27. The molecule has 0 amide bonds. The molecule has 1 aromatic carbocycles. The first kappa shape index (κ1) is 16.1. The fourth-order valence-electron chi connectivity index (χ4n) is 3.01. The summed E-state index contributed by atoms with van der Waals surface area (Å²) < 4.78 is 1.32. The van der Waals surface area contributed by atoms with Crippen molar-refractivity contribution in [1.29, 1.82) is 0 Å². The molecule has 3 unspecified atom stereocenters. The average molecular weight is 386 g/mol. The van der Waals surface area contributed by atoms with Crippen molar-refractivity contribution >= 4 is 28.3 Å². The van der Waals surface area contributed by atoms with Crippen LogP contribution < -0.4 is 10.2 Å². The fraction of sp³-hybridized carbons (Fsp3) is 0.647. The molecule has 1 aliphatic rings. The van der Waals surface area contributed by atoms with Gasteiger partial charge >= 0.3 is 0 Å². The summed E-state index contributed by atoms with van der Waals surface area (Å²) in [6.07, 6.45) is 1.24. The van der Waals surface area contributed by atoms with Crippen LogP contribution in [0.5, 0.6) is 0 Å². The topological polar surface area (TPSA) is 15.3 Å². The van der Waals surface area contributed by atoms with E-state index in [2.05, 4.69) is 84.8 Å². The van der Waals surface area contributed by atoms with Crippen molar-refractivity contribution in [3.63, 3.8) is 0 Å². The van der Waals surface area contributed by atoms with Crippen molar-refractivity contribution in [2.45, 2.75) is 46.2 Å². The third-order valence-electron chi connectivity index (χ3n) is 4.62. The van der Waals surface area contributed by atoms with Crippen molar-refractivity contribution in [1.82, 2.24) is 5.32 Å². The summed E-state index contributed by atoms with van der Waals surface area (Å²) in [5.41, 5.74) is 1.38. The number of benzene rings is 1. The highest BCUT2D eigenvalue weighted by molar-refractivity contribution is 14.1. The third-order valence-corrected chi connectivity index (χ3v) is 5.29. The lowest BCUT2D eigenvalue weighted by atomic mass is 9.91. The summed E-state index contributed by atoms with van der Waals surface area (Å²) >= 11 is 2.41. The molecule has 0 saturated carbocycles. The molecule has 1 N–H and O–H groups in total. The number of nitrogens with zero attached hydrogens (tertiary/aromatic N) is 1. The summed E-state index contributed by atoms with van der Waals surface area (Å²) in [7, 11) is 0. The monoisotopic (exact) mass is 386 g/mol. The number of piperazine rings is 1. The van der Waals surface area contributed by atoms with Gasteiger partial charge < -0.3 is 10.2 Å². The van der Waals surface area contributed by atoms with Gasteiger partial charge in [0, 0.05) is 34.4 Å². The molecular formula is C17H27IN2. The zero-order valence-corrected chi connectivity index (χ0v) is 15.2. The molecule has 1 fully saturated rings. The number of hydrogen-bond acceptors (Lipinski definition) is 2. The zero-order chi connectivity index (χ0) is 14.7. The van der Waals surface area contributed by atoms with Crippen LogP contribution in [0.2, 0.25) is 0 Å². The van der Waals surface area contributed by atoms with Crippen LogP contribution >= 0.6 is 22.6 Å². The number of anilines is 1. The van der Waals surface area contributed by atoms with Gasteiger partial charge in [-0.05, 0) is 52.6 Å². The predicted octanol–water partition coefficient (Wildman–Crippen LogP) is 4.14. The summed E-state index contributed by atoms with van der Waals surface area (Å²) in [6, 6.07) is 10.1. The predicted molar refractivity (Wildman–Crippen MR) is 96.4 cm³/mol. The molecule has 1 aromatic rings. The number of hydrogen-bond donors (Lipinski definition) is 1. The molecule has 20 heavy (non-hydrogen) atoms. The first-order chi connectivity index (χ1) is 9.52. The fourth-order valence-corrected chi connectivity index (χ4v) is 3.53. The smallest absolute Gasteiger partial charge is 0.0438 e. The lowest BCUT2D eigenvalue weighted by molar-refractivity contribution is 0.281. The van der Waals surface area contributed by atoms with Crippen LogP contribution in [0.25, 0.3) is 0 Å². The lowest BCUT2D eigenvalue weighted by Crippen LogP contribution is -2.60. The molecule has 112 valence electrons. The first-order valence-electron chi connectivity index (χ1n) is 7.78. The van der Waals surface area contributed by atoms with Gasteiger partial charge in [0.05, 0.1) is 0 Å². The molecule has 3 heteroatoms. The second-order valence-corrected chi connectivity index (χ2v) is 7.59. The summed E-state index contributed by atoms with van der Waals surface area (Å²) in [6.45, 7) is 11.5. The van der Waals surface area contributed by atoms with Crippen LogP contribution in [0.4, 0.5) is 5.69 Å². The Morgan fingerprint density at radius 1 is 1.35 bits per heavy atom. The molecule has 3 atom stereocenters. The Labute approximate surface area is 137 Å². The zero-order valence-electron chi connectivity index (χ0n) is 13.1. The van der Waals surface area contributed by atoms with E-state index in [1.54, 1.807) is 0 Å². The minimum Gasteiger partial charge on any atom is -0.365 e. The van der Waals surface area contributed by atoms with Gasteiger partial charge in [0.2, 0.25) is 0 Å². The van der Waals surface area contributed by atoms with Gasteiger partial charge in [0.1, 0.15) is 0 Å². The molecule has 2 nitrogen and oxygen atoms in total. The highest BCUT2D eigenvalue weighted by Gasteiger charge is 2.31. The van der Waals surface area contributed by atoms with E-state index in [4.69, 9.17) is 0 Å². The Balaban J connectivity index is 2.23. The molecule has 0 spiro atoms. The van der Waals surface area contributed by atoms with E-state index in [0.29, 0.717) is 18.0 Å². The van der Waals surface area contributed by atoms with Crippen LogP contribution in [-0.4, -0.2) is 25.2 Å². The SMILES string of the molecule is CCC(C)C1CN(c2cccc(I)c2)C(C(C)C)CN1. The van der Waals surface area contributed by atoms with E-state index in [9.17, 15) is 0 Å². The summed E-state index contributed by atoms with van der Waals surface area (Å²) in [4.78, 5) is 2.63. The minimum absolute atomic E-state index is 0.591. The quantitative estimate of drug-likeness (QED) is 0.783. The van der Waals surface area contributed by atoms with Crippen LogP contribution in [0.15, 0.2) is 24.3 Å². The molecular weight excluding hydrogens is 359 g/mol. The second kappa shape index (κ2) is 7.12. The molecule has 0 bridgehead atoms. The van der Waals surface area contributed by atoms with E-state index in [1.807, 2.05) is 0 Å². The standard InChI is InChI=1S/C17H27IN2/c1-5-13(4)16-11-20(17(10-19-16)12(2)3)15-8-6-7-14(18)9-15/h6-9,12-13,16-17,19H,5,10-11H2,1-4H3. The van der Waals surface area contributed by atoms with Crippen LogP contribution in [0.1, 0.15) is 34.1 Å². The Bertz CT molecular complexity index is 433. The van der Waals surface area contributed by atoms with E-state index in [1.165, 1.54) is 15.7 Å². The van der Waals surface area contributed by atoms with E-state index < -0.39 is 0 Å². The van der Waals surface area contributed by atoms with Gasteiger partial charge in [-0.15, -0.1) is 0 Å². The lowest BCUT2D eigenvalue weighted by Gasteiger charge is -2.45. The molecule has 1 heterocycles. The van der Waals surface area contributed by atoms with E-state index in [0.717, 1.165) is 19.0 Å². The normalized spacial score (nSPS) is 25.0. The van der Waals surface area contributed by atoms with Gasteiger partial charge in [-0.3, -0.25) is 0 Å². The van der Waals surface area contributed by atoms with Gasteiger partial charge in [-0.25, -0.2) is 0 Å². The molecule has 1 saturated heterocycles. The van der Waals surface area contributed by atoms with Crippen molar-refractivity contribution < 1.29 is 0 Å². The molecule has 0 aliphatic carbocycles. The Kier molecular flexibility index (Phi) is 5.73. The van der Waals surface area contributed by atoms with Gasteiger partial charge in [0.15, 0.2) is 0 Å². The number of rotatable bonds is 4. The van der Waals surface area contributed by atoms with Gasteiger partial charge in [-0.2, -0.15) is 0 Å². The van der Waals surface area contributed by atoms with Gasteiger partial charge in [0.25, 0.3) is 0 Å². The van der Waals surface area contributed by atoms with Crippen molar-refractivity contribution in [3.8, 4) is 0 Å². The molecule has 0 aromatic heterocycles. The maximum absolute atomic E-state index is 3.77.